The summed E-state index contributed by atoms with van der Waals surface area (Å²) in [5, 5.41) is 9.49. The van der Waals surface area contributed by atoms with Crippen molar-refractivity contribution in [2.24, 2.45) is 0 Å². The molecule has 0 aliphatic carbocycles. The Labute approximate surface area is 75.9 Å². The first-order valence-electron chi connectivity index (χ1n) is 4.97. The van der Waals surface area contributed by atoms with E-state index in [0.717, 1.165) is 19.3 Å². The van der Waals surface area contributed by atoms with Gasteiger partial charge in [0.2, 0.25) is 0 Å². The Balaban J connectivity index is 3.52. The summed E-state index contributed by atoms with van der Waals surface area (Å²) >= 11 is 0. The lowest BCUT2D eigenvalue weighted by atomic mass is 10.0. The fraction of sp³-hybridized carbons (Fsp3) is 1.00. The highest BCUT2D eigenvalue weighted by Gasteiger charge is 2.15. The van der Waals surface area contributed by atoms with E-state index in [9.17, 15) is 5.11 Å². The highest BCUT2D eigenvalue weighted by Crippen LogP contribution is 2.11. The van der Waals surface area contributed by atoms with Crippen LogP contribution in [0.1, 0.15) is 46.0 Å². The highest BCUT2D eigenvalue weighted by atomic mass is 16.5. The average Bonchev–Trinajstić information content (AvgIpc) is 2.11. The van der Waals surface area contributed by atoms with Gasteiger partial charge in [0, 0.05) is 7.11 Å². The van der Waals surface area contributed by atoms with E-state index in [1.165, 1.54) is 12.8 Å². The van der Waals surface area contributed by atoms with Crippen molar-refractivity contribution in [2.75, 3.05) is 7.11 Å². The predicted octanol–water partition coefficient (Wildman–Crippen LogP) is 2.35. The Morgan fingerprint density at radius 2 is 1.92 bits per heavy atom. The molecule has 74 valence electrons. The lowest BCUT2D eigenvalue weighted by molar-refractivity contribution is -0.0187. The number of hydrogen-bond donors (Lipinski definition) is 1. The minimum Gasteiger partial charge on any atom is -0.390 e. The molecular formula is C10H22O2. The summed E-state index contributed by atoms with van der Waals surface area (Å²) in [6.45, 7) is 4.16. The molecule has 0 heterocycles. The predicted molar refractivity (Wildman–Crippen MR) is 51.2 cm³/mol. The fourth-order valence-corrected chi connectivity index (χ4v) is 1.33. The Morgan fingerprint density at radius 1 is 1.25 bits per heavy atom. The summed E-state index contributed by atoms with van der Waals surface area (Å²) < 4.78 is 5.20. The number of hydrogen-bond acceptors (Lipinski definition) is 2. The monoisotopic (exact) mass is 174 g/mol. The van der Waals surface area contributed by atoms with Crippen molar-refractivity contribution >= 4 is 0 Å². The normalized spacial score (nSPS) is 16.0. The molecule has 0 aromatic rings. The van der Waals surface area contributed by atoms with E-state index in [1.807, 2.05) is 6.92 Å². The number of rotatable bonds is 7. The molecule has 0 aromatic heterocycles. The van der Waals surface area contributed by atoms with E-state index in [0.29, 0.717) is 0 Å². The second kappa shape index (κ2) is 7.56. The van der Waals surface area contributed by atoms with Crippen LogP contribution in [0.15, 0.2) is 0 Å². The molecule has 2 nitrogen and oxygen atoms in total. The van der Waals surface area contributed by atoms with Gasteiger partial charge in [-0.2, -0.15) is 0 Å². The van der Waals surface area contributed by atoms with Crippen LogP contribution in [-0.2, 0) is 4.74 Å². The Morgan fingerprint density at radius 3 is 2.33 bits per heavy atom. The quantitative estimate of drug-likeness (QED) is 0.600. The van der Waals surface area contributed by atoms with Crippen molar-refractivity contribution < 1.29 is 9.84 Å². The summed E-state index contributed by atoms with van der Waals surface area (Å²) in [5.41, 5.74) is 0. The standard InChI is InChI=1S/C10H22O2/c1-4-6-7-8-10(12-3)9(11)5-2/h9-11H,4-8H2,1-3H3. The van der Waals surface area contributed by atoms with Gasteiger partial charge < -0.3 is 9.84 Å². The van der Waals surface area contributed by atoms with Gasteiger partial charge in [-0.15, -0.1) is 0 Å². The molecule has 0 aromatic carbocycles. The summed E-state index contributed by atoms with van der Waals surface area (Å²) in [5.74, 6) is 0. The molecule has 12 heavy (non-hydrogen) atoms. The Hall–Kier alpha value is -0.0800. The molecule has 0 amide bonds. The first-order chi connectivity index (χ1) is 5.76. The molecule has 1 N–H and O–H groups in total. The van der Waals surface area contributed by atoms with Gasteiger partial charge in [-0.05, 0) is 12.8 Å². The second-order valence-corrected chi connectivity index (χ2v) is 3.25. The van der Waals surface area contributed by atoms with E-state index in [2.05, 4.69) is 6.92 Å². The van der Waals surface area contributed by atoms with Crippen LogP contribution in [-0.4, -0.2) is 24.4 Å². The summed E-state index contributed by atoms with van der Waals surface area (Å²) in [6.07, 6.45) is 5.14. The number of unbranched alkanes of at least 4 members (excludes halogenated alkanes) is 2. The SMILES string of the molecule is CCCCCC(OC)C(O)CC. The van der Waals surface area contributed by atoms with Crippen molar-refractivity contribution in [1.82, 2.24) is 0 Å². The van der Waals surface area contributed by atoms with Crippen molar-refractivity contribution in [3.63, 3.8) is 0 Å². The number of methoxy groups -OCH3 is 1. The van der Waals surface area contributed by atoms with Gasteiger partial charge in [0.15, 0.2) is 0 Å². The maximum Gasteiger partial charge on any atom is 0.0830 e. The smallest absolute Gasteiger partial charge is 0.0830 e. The van der Waals surface area contributed by atoms with Crippen LogP contribution in [0, 0.1) is 0 Å². The fourth-order valence-electron chi connectivity index (χ4n) is 1.33. The molecule has 2 atom stereocenters. The van der Waals surface area contributed by atoms with Crippen LogP contribution in [0.3, 0.4) is 0 Å². The molecule has 0 bridgehead atoms. The van der Waals surface area contributed by atoms with E-state index in [1.54, 1.807) is 7.11 Å². The van der Waals surface area contributed by atoms with Gasteiger partial charge in [-0.25, -0.2) is 0 Å². The molecular weight excluding hydrogens is 152 g/mol. The summed E-state index contributed by atoms with van der Waals surface area (Å²) in [6, 6.07) is 0. The third-order valence-corrected chi connectivity index (χ3v) is 2.24. The van der Waals surface area contributed by atoms with Gasteiger partial charge in [0.1, 0.15) is 0 Å². The molecule has 0 aliphatic rings. The van der Waals surface area contributed by atoms with E-state index >= 15 is 0 Å². The van der Waals surface area contributed by atoms with Crippen LogP contribution in [0.4, 0.5) is 0 Å². The molecule has 0 spiro atoms. The van der Waals surface area contributed by atoms with Crippen LogP contribution in [0.5, 0.6) is 0 Å². The first-order valence-corrected chi connectivity index (χ1v) is 4.97. The summed E-state index contributed by atoms with van der Waals surface area (Å²) in [4.78, 5) is 0. The lowest BCUT2D eigenvalue weighted by Crippen LogP contribution is -2.27. The van der Waals surface area contributed by atoms with Crippen LogP contribution in [0.2, 0.25) is 0 Å². The minimum absolute atomic E-state index is 0.0431. The first kappa shape index (κ1) is 11.9. The van der Waals surface area contributed by atoms with Gasteiger partial charge in [-0.3, -0.25) is 0 Å². The molecule has 0 radical (unpaired) electrons. The zero-order valence-electron chi connectivity index (χ0n) is 8.55. The maximum absolute atomic E-state index is 9.49. The van der Waals surface area contributed by atoms with Crippen LogP contribution in [0.25, 0.3) is 0 Å². The third kappa shape index (κ3) is 4.73. The topological polar surface area (TPSA) is 29.5 Å². The van der Waals surface area contributed by atoms with Crippen molar-refractivity contribution in [2.45, 2.75) is 58.2 Å². The van der Waals surface area contributed by atoms with Gasteiger partial charge >= 0.3 is 0 Å². The molecule has 2 heteroatoms. The summed E-state index contributed by atoms with van der Waals surface area (Å²) in [7, 11) is 1.68. The largest absolute Gasteiger partial charge is 0.390 e. The van der Waals surface area contributed by atoms with Crippen molar-refractivity contribution in [3.8, 4) is 0 Å². The van der Waals surface area contributed by atoms with Crippen LogP contribution >= 0.6 is 0 Å². The molecule has 0 rings (SSSR count). The van der Waals surface area contributed by atoms with Gasteiger partial charge in [0.25, 0.3) is 0 Å². The average molecular weight is 174 g/mol. The lowest BCUT2D eigenvalue weighted by Gasteiger charge is -2.19. The molecule has 2 unspecified atom stereocenters. The number of ether oxygens (including phenoxy) is 1. The van der Waals surface area contributed by atoms with E-state index < -0.39 is 0 Å². The van der Waals surface area contributed by atoms with Gasteiger partial charge in [0.05, 0.1) is 12.2 Å². The highest BCUT2D eigenvalue weighted by molar-refractivity contribution is 4.66. The number of aliphatic hydroxyl groups excluding tert-OH is 1. The second-order valence-electron chi connectivity index (χ2n) is 3.25. The van der Waals surface area contributed by atoms with Gasteiger partial charge in [-0.1, -0.05) is 33.1 Å². The van der Waals surface area contributed by atoms with E-state index in [4.69, 9.17) is 4.74 Å². The molecule has 0 saturated carbocycles. The number of aliphatic hydroxyl groups is 1. The zero-order chi connectivity index (χ0) is 9.40. The van der Waals surface area contributed by atoms with Crippen molar-refractivity contribution in [1.29, 1.82) is 0 Å². The van der Waals surface area contributed by atoms with Crippen LogP contribution < -0.4 is 0 Å². The van der Waals surface area contributed by atoms with Crippen molar-refractivity contribution in [3.05, 3.63) is 0 Å². The third-order valence-electron chi connectivity index (χ3n) is 2.24. The Kier molecular flexibility index (Phi) is 7.51. The molecule has 0 fully saturated rings. The maximum atomic E-state index is 9.49. The van der Waals surface area contributed by atoms with E-state index in [-0.39, 0.29) is 12.2 Å². The molecule has 0 saturated heterocycles. The Bertz CT molecular complexity index is 93.8. The molecule has 0 aliphatic heterocycles. The zero-order valence-corrected chi connectivity index (χ0v) is 8.55. The minimum atomic E-state index is -0.285.